The molecule has 1 saturated heterocycles. The van der Waals surface area contributed by atoms with Crippen molar-refractivity contribution in [2.24, 2.45) is 5.92 Å². The number of hydrogen-bond acceptors (Lipinski definition) is 4. The first-order chi connectivity index (χ1) is 10.1. The molecule has 21 heavy (non-hydrogen) atoms. The zero-order chi connectivity index (χ0) is 15.2. The molecule has 1 aromatic rings. The lowest BCUT2D eigenvalue weighted by molar-refractivity contribution is 0.550. The van der Waals surface area contributed by atoms with Gasteiger partial charge in [-0.15, -0.1) is 0 Å². The molecule has 1 N–H and O–H groups in total. The molecule has 0 saturated carbocycles. The van der Waals surface area contributed by atoms with Crippen molar-refractivity contribution in [3.05, 3.63) is 22.9 Å². The molecule has 1 aliphatic heterocycles. The monoisotopic (exact) mass is 307 g/mol. The van der Waals surface area contributed by atoms with Gasteiger partial charge in [0.2, 0.25) is 0 Å². The molecule has 0 amide bonds. The van der Waals surface area contributed by atoms with Crippen LogP contribution in [0, 0.1) is 19.8 Å². The largest absolute Gasteiger partial charge is 0.355 e. The summed E-state index contributed by atoms with van der Waals surface area (Å²) in [6.07, 6.45) is 1.26. The molecule has 0 radical (unpaired) electrons. The molecular weight excluding hydrogens is 278 g/mol. The van der Waals surface area contributed by atoms with E-state index in [-0.39, 0.29) is 0 Å². The smallest absolute Gasteiger partial charge is 0.133 e. The lowest BCUT2D eigenvalue weighted by Gasteiger charge is -2.26. The molecule has 118 valence electrons. The number of aromatic nitrogens is 1. The van der Waals surface area contributed by atoms with Gasteiger partial charge in [-0.1, -0.05) is 13.8 Å². The van der Waals surface area contributed by atoms with Crippen LogP contribution < -0.4 is 10.2 Å². The third kappa shape index (κ3) is 4.89. The summed E-state index contributed by atoms with van der Waals surface area (Å²) in [6.45, 7) is 13.1. The summed E-state index contributed by atoms with van der Waals surface area (Å²) in [5.41, 5.74) is 3.88. The number of hydrogen-bond donors (Lipinski definition) is 1. The summed E-state index contributed by atoms with van der Waals surface area (Å²) in [6, 6.07) is 2.21. The van der Waals surface area contributed by atoms with Gasteiger partial charge in [0, 0.05) is 36.6 Å². The highest BCUT2D eigenvalue weighted by molar-refractivity contribution is 7.99. The van der Waals surface area contributed by atoms with Gasteiger partial charge in [-0.25, -0.2) is 4.98 Å². The molecule has 2 rings (SSSR count). The minimum Gasteiger partial charge on any atom is -0.355 e. The van der Waals surface area contributed by atoms with Crippen LogP contribution in [0.25, 0.3) is 0 Å². The van der Waals surface area contributed by atoms with Crippen molar-refractivity contribution in [3.63, 3.8) is 0 Å². The Kier molecular flexibility index (Phi) is 6.37. The van der Waals surface area contributed by atoms with E-state index < -0.39 is 0 Å². The number of nitrogens with zero attached hydrogens (tertiary/aromatic N) is 2. The Bertz CT molecular complexity index is 452. The van der Waals surface area contributed by atoms with Crippen LogP contribution in [0.4, 0.5) is 5.82 Å². The number of rotatable bonds is 5. The van der Waals surface area contributed by atoms with Crippen LogP contribution in [0.1, 0.15) is 37.1 Å². The number of nitrogens with one attached hydrogen (secondary N) is 1. The first kappa shape index (κ1) is 16.6. The molecule has 0 aliphatic carbocycles. The van der Waals surface area contributed by atoms with E-state index in [1.54, 1.807) is 0 Å². The summed E-state index contributed by atoms with van der Waals surface area (Å²) in [7, 11) is 0. The number of pyridine rings is 1. The second-order valence-corrected chi connectivity index (χ2v) is 7.59. The quantitative estimate of drug-likeness (QED) is 0.902. The Morgan fingerprint density at radius 2 is 2.10 bits per heavy atom. The summed E-state index contributed by atoms with van der Waals surface area (Å²) < 4.78 is 0. The Morgan fingerprint density at radius 3 is 2.86 bits per heavy atom. The van der Waals surface area contributed by atoms with Gasteiger partial charge in [-0.2, -0.15) is 11.8 Å². The molecule has 2 heterocycles. The van der Waals surface area contributed by atoms with Crippen LogP contribution in [0.2, 0.25) is 0 Å². The zero-order valence-electron chi connectivity index (χ0n) is 13.9. The van der Waals surface area contributed by atoms with Gasteiger partial charge in [0.05, 0.1) is 0 Å². The first-order valence-electron chi connectivity index (χ1n) is 8.08. The predicted molar refractivity (Wildman–Crippen MR) is 94.4 cm³/mol. The second-order valence-electron chi connectivity index (χ2n) is 6.36. The van der Waals surface area contributed by atoms with E-state index in [1.165, 1.54) is 34.9 Å². The highest BCUT2D eigenvalue weighted by atomic mass is 32.2. The minimum atomic E-state index is 0.682. The van der Waals surface area contributed by atoms with Crippen molar-refractivity contribution in [1.29, 1.82) is 0 Å². The Morgan fingerprint density at radius 1 is 1.29 bits per heavy atom. The van der Waals surface area contributed by atoms with Crippen molar-refractivity contribution in [1.82, 2.24) is 10.3 Å². The van der Waals surface area contributed by atoms with Crippen LogP contribution in [0.5, 0.6) is 0 Å². The fourth-order valence-electron chi connectivity index (χ4n) is 2.77. The lowest BCUT2D eigenvalue weighted by Crippen LogP contribution is -2.29. The SMILES string of the molecule is Cc1cc(C)c(CNCC(C)C)c(N2CCCSCC2)n1. The van der Waals surface area contributed by atoms with Gasteiger partial charge in [0.1, 0.15) is 5.82 Å². The second kappa shape index (κ2) is 8.04. The highest BCUT2D eigenvalue weighted by Crippen LogP contribution is 2.25. The van der Waals surface area contributed by atoms with E-state index in [2.05, 4.69) is 55.7 Å². The minimum absolute atomic E-state index is 0.682. The van der Waals surface area contributed by atoms with Gasteiger partial charge in [0.15, 0.2) is 0 Å². The van der Waals surface area contributed by atoms with Gasteiger partial charge < -0.3 is 10.2 Å². The van der Waals surface area contributed by atoms with E-state index >= 15 is 0 Å². The van der Waals surface area contributed by atoms with E-state index in [9.17, 15) is 0 Å². The maximum Gasteiger partial charge on any atom is 0.133 e. The average Bonchev–Trinajstić information content (AvgIpc) is 2.69. The molecule has 0 aromatic carbocycles. The van der Waals surface area contributed by atoms with E-state index in [4.69, 9.17) is 4.98 Å². The van der Waals surface area contributed by atoms with E-state index in [0.29, 0.717) is 5.92 Å². The molecular formula is C17H29N3S. The van der Waals surface area contributed by atoms with Crippen molar-refractivity contribution < 1.29 is 0 Å². The predicted octanol–water partition coefficient (Wildman–Crippen LogP) is 3.39. The van der Waals surface area contributed by atoms with Crippen LogP contribution in [-0.2, 0) is 6.54 Å². The van der Waals surface area contributed by atoms with Gasteiger partial charge in [-0.3, -0.25) is 0 Å². The molecule has 3 nitrogen and oxygen atoms in total. The fourth-order valence-corrected chi connectivity index (χ4v) is 3.65. The standard InChI is InChI=1S/C17H29N3S/c1-13(2)11-18-12-16-14(3)10-15(4)19-17(16)20-6-5-8-21-9-7-20/h10,13,18H,5-9,11-12H2,1-4H3. The molecule has 0 unspecified atom stereocenters. The van der Waals surface area contributed by atoms with Crippen LogP contribution in [0.15, 0.2) is 6.07 Å². The molecule has 1 fully saturated rings. The summed E-state index contributed by atoms with van der Waals surface area (Å²) in [4.78, 5) is 7.37. The Hall–Kier alpha value is -0.740. The van der Waals surface area contributed by atoms with Gasteiger partial charge in [-0.05, 0) is 50.1 Å². The maximum absolute atomic E-state index is 4.87. The fraction of sp³-hybridized carbons (Fsp3) is 0.706. The zero-order valence-corrected chi connectivity index (χ0v) is 14.7. The first-order valence-corrected chi connectivity index (χ1v) is 9.24. The van der Waals surface area contributed by atoms with Crippen LogP contribution >= 0.6 is 11.8 Å². The third-order valence-corrected chi connectivity index (χ3v) is 4.88. The van der Waals surface area contributed by atoms with Crippen LogP contribution in [0.3, 0.4) is 0 Å². The summed E-state index contributed by atoms with van der Waals surface area (Å²) in [5, 5.41) is 3.58. The van der Waals surface area contributed by atoms with Crippen molar-refractivity contribution in [3.8, 4) is 0 Å². The molecule has 0 atom stereocenters. The third-order valence-electron chi connectivity index (χ3n) is 3.83. The lowest BCUT2D eigenvalue weighted by atomic mass is 10.1. The summed E-state index contributed by atoms with van der Waals surface area (Å²) in [5.74, 6) is 4.39. The maximum atomic E-state index is 4.87. The van der Waals surface area contributed by atoms with Crippen LogP contribution in [-0.4, -0.2) is 36.1 Å². The van der Waals surface area contributed by atoms with Crippen molar-refractivity contribution in [2.75, 3.05) is 36.0 Å². The molecule has 4 heteroatoms. The average molecular weight is 308 g/mol. The molecule has 0 spiro atoms. The number of aryl methyl sites for hydroxylation is 2. The summed E-state index contributed by atoms with van der Waals surface area (Å²) >= 11 is 2.07. The number of anilines is 1. The van der Waals surface area contributed by atoms with E-state index in [1.807, 2.05) is 0 Å². The Labute approximate surface area is 133 Å². The van der Waals surface area contributed by atoms with Gasteiger partial charge in [0.25, 0.3) is 0 Å². The molecule has 1 aromatic heterocycles. The van der Waals surface area contributed by atoms with E-state index in [0.717, 1.165) is 31.9 Å². The normalized spacial score (nSPS) is 16.3. The van der Waals surface area contributed by atoms with Gasteiger partial charge >= 0.3 is 0 Å². The van der Waals surface area contributed by atoms with Crippen molar-refractivity contribution >= 4 is 17.6 Å². The topological polar surface area (TPSA) is 28.2 Å². The Balaban J connectivity index is 2.20. The highest BCUT2D eigenvalue weighted by Gasteiger charge is 2.17. The molecule has 0 bridgehead atoms. The molecule has 1 aliphatic rings. The number of thioether (sulfide) groups is 1. The van der Waals surface area contributed by atoms with Crippen molar-refractivity contribution in [2.45, 2.75) is 40.7 Å².